The molecule has 148 valence electrons. The Balaban J connectivity index is 1.48. The van der Waals surface area contributed by atoms with E-state index in [4.69, 9.17) is 16.0 Å². The van der Waals surface area contributed by atoms with Crippen molar-refractivity contribution in [3.05, 3.63) is 39.2 Å². The number of halogens is 1. The summed E-state index contributed by atoms with van der Waals surface area (Å²) < 4.78 is 6.71. The van der Waals surface area contributed by atoms with E-state index in [1.54, 1.807) is 11.3 Å². The van der Waals surface area contributed by atoms with Gasteiger partial charge in [-0.25, -0.2) is 4.98 Å². The maximum Gasteiger partial charge on any atom is 0.213 e. The summed E-state index contributed by atoms with van der Waals surface area (Å²) in [5.74, 6) is 2.48. The van der Waals surface area contributed by atoms with Gasteiger partial charge in [-0.05, 0) is 12.1 Å². The molecule has 1 aliphatic rings. The van der Waals surface area contributed by atoms with Gasteiger partial charge in [-0.15, -0.1) is 11.3 Å². The Kier molecular flexibility index (Phi) is 6.44. The molecule has 0 spiro atoms. The van der Waals surface area contributed by atoms with Crippen LogP contribution in [-0.4, -0.2) is 54.0 Å². The number of aliphatic imine (C=N–C) groups is 1. The van der Waals surface area contributed by atoms with E-state index in [0.29, 0.717) is 12.4 Å². The molecule has 0 atom stereocenters. The van der Waals surface area contributed by atoms with E-state index in [-0.39, 0.29) is 5.41 Å². The van der Waals surface area contributed by atoms with Gasteiger partial charge in [-0.3, -0.25) is 9.89 Å². The summed E-state index contributed by atoms with van der Waals surface area (Å²) in [6.45, 7) is 11.7. The summed E-state index contributed by atoms with van der Waals surface area (Å²) in [4.78, 5) is 14.8. The molecule has 6 nitrogen and oxygen atoms in total. The van der Waals surface area contributed by atoms with Gasteiger partial charge in [0.25, 0.3) is 0 Å². The summed E-state index contributed by atoms with van der Waals surface area (Å²) in [7, 11) is 1.82. The lowest BCUT2D eigenvalue weighted by Crippen LogP contribution is -2.52. The average molecular weight is 410 g/mol. The summed E-state index contributed by atoms with van der Waals surface area (Å²) in [5, 5.41) is 3.37. The SMILES string of the molecule is CN=C(NCc1ncc(C(C)(C)C)o1)N1CCN(Cc2ccc(Cl)s2)CC1. The molecule has 1 fully saturated rings. The highest BCUT2D eigenvalue weighted by molar-refractivity contribution is 7.16. The van der Waals surface area contributed by atoms with Crippen molar-refractivity contribution in [2.24, 2.45) is 4.99 Å². The Morgan fingerprint density at radius 2 is 2.04 bits per heavy atom. The quantitative estimate of drug-likeness (QED) is 0.617. The van der Waals surface area contributed by atoms with Crippen LogP contribution in [0, 0.1) is 0 Å². The first kappa shape index (κ1) is 20.2. The van der Waals surface area contributed by atoms with E-state index in [1.165, 1.54) is 4.88 Å². The number of piperazine rings is 1. The highest BCUT2D eigenvalue weighted by Gasteiger charge is 2.22. The third kappa shape index (κ3) is 5.46. The number of nitrogens with one attached hydrogen (secondary N) is 1. The third-order valence-corrected chi connectivity index (χ3v) is 5.80. The number of oxazole rings is 1. The smallest absolute Gasteiger partial charge is 0.213 e. The number of thiophene rings is 1. The van der Waals surface area contributed by atoms with Crippen LogP contribution in [0.2, 0.25) is 4.34 Å². The predicted molar refractivity (Wildman–Crippen MR) is 112 cm³/mol. The monoisotopic (exact) mass is 409 g/mol. The van der Waals surface area contributed by atoms with Gasteiger partial charge in [0.1, 0.15) is 5.76 Å². The molecule has 1 N–H and O–H groups in total. The minimum atomic E-state index is -0.0317. The molecule has 3 heterocycles. The second-order valence-electron chi connectivity index (χ2n) is 7.74. The molecule has 0 amide bonds. The maximum atomic E-state index is 6.03. The Hall–Kier alpha value is -1.57. The van der Waals surface area contributed by atoms with E-state index in [2.05, 4.69) is 51.9 Å². The van der Waals surface area contributed by atoms with Crippen molar-refractivity contribution in [2.45, 2.75) is 39.3 Å². The highest BCUT2D eigenvalue weighted by Crippen LogP contribution is 2.23. The van der Waals surface area contributed by atoms with Crippen LogP contribution >= 0.6 is 22.9 Å². The number of aromatic nitrogens is 1. The van der Waals surface area contributed by atoms with E-state index in [0.717, 1.165) is 48.8 Å². The molecule has 27 heavy (non-hydrogen) atoms. The zero-order valence-electron chi connectivity index (χ0n) is 16.5. The zero-order chi connectivity index (χ0) is 19.4. The lowest BCUT2D eigenvalue weighted by Gasteiger charge is -2.36. The van der Waals surface area contributed by atoms with Crippen molar-refractivity contribution in [1.29, 1.82) is 0 Å². The first-order valence-corrected chi connectivity index (χ1v) is 10.4. The second kappa shape index (κ2) is 8.63. The van der Waals surface area contributed by atoms with Gasteiger partial charge in [0.15, 0.2) is 5.96 Å². The number of rotatable bonds is 4. The normalized spacial score (nSPS) is 16.8. The molecule has 0 unspecified atom stereocenters. The second-order valence-corrected chi connectivity index (χ2v) is 9.54. The van der Waals surface area contributed by atoms with Gasteiger partial charge in [0.2, 0.25) is 5.89 Å². The topological polar surface area (TPSA) is 56.9 Å². The Labute approximate surface area is 170 Å². The van der Waals surface area contributed by atoms with Crippen LogP contribution in [0.4, 0.5) is 0 Å². The van der Waals surface area contributed by atoms with Crippen LogP contribution in [0.15, 0.2) is 27.7 Å². The van der Waals surface area contributed by atoms with Crippen LogP contribution in [0.25, 0.3) is 0 Å². The fourth-order valence-corrected chi connectivity index (χ4v) is 4.13. The molecular formula is C19H28ClN5OS. The number of nitrogens with zero attached hydrogens (tertiary/aromatic N) is 4. The van der Waals surface area contributed by atoms with Crippen molar-refractivity contribution in [3.63, 3.8) is 0 Å². The van der Waals surface area contributed by atoms with Gasteiger partial charge in [-0.1, -0.05) is 32.4 Å². The van der Waals surface area contributed by atoms with Crippen molar-refractivity contribution >= 4 is 28.9 Å². The molecule has 0 saturated carbocycles. The fourth-order valence-electron chi connectivity index (χ4n) is 3.00. The first-order chi connectivity index (χ1) is 12.8. The summed E-state index contributed by atoms with van der Waals surface area (Å²) in [6, 6.07) is 4.08. The molecule has 0 radical (unpaired) electrons. The number of hydrogen-bond donors (Lipinski definition) is 1. The predicted octanol–water partition coefficient (Wildman–Crippen LogP) is 3.58. The molecule has 8 heteroatoms. The lowest BCUT2D eigenvalue weighted by molar-refractivity contribution is 0.173. The van der Waals surface area contributed by atoms with Gasteiger partial charge in [-0.2, -0.15) is 0 Å². The number of guanidine groups is 1. The molecule has 0 aromatic carbocycles. The van der Waals surface area contributed by atoms with E-state index >= 15 is 0 Å². The van der Waals surface area contributed by atoms with Crippen LogP contribution in [0.1, 0.15) is 37.3 Å². The van der Waals surface area contributed by atoms with Crippen molar-refractivity contribution in [3.8, 4) is 0 Å². The van der Waals surface area contributed by atoms with Crippen LogP contribution in [-0.2, 0) is 18.5 Å². The van der Waals surface area contributed by atoms with Crippen LogP contribution in [0.5, 0.6) is 0 Å². The third-order valence-electron chi connectivity index (χ3n) is 4.58. The molecule has 0 aliphatic carbocycles. The van der Waals surface area contributed by atoms with Crippen molar-refractivity contribution in [2.75, 3.05) is 33.2 Å². The molecular weight excluding hydrogens is 382 g/mol. The van der Waals surface area contributed by atoms with Gasteiger partial charge in [0, 0.05) is 50.1 Å². The first-order valence-electron chi connectivity index (χ1n) is 9.22. The molecule has 0 bridgehead atoms. The molecule has 3 rings (SSSR count). The highest BCUT2D eigenvalue weighted by atomic mass is 35.5. The van der Waals surface area contributed by atoms with E-state index < -0.39 is 0 Å². The summed E-state index contributed by atoms with van der Waals surface area (Å²) >= 11 is 7.69. The van der Waals surface area contributed by atoms with Crippen LogP contribution < -0.4 is 5.32 Å². The lowest BCUT2D eigenvalue weighted by atomic mass is 9.94. The largest absolute Gasteiger partial charge is 0.443 e. The molecule has 1 aliphatic heterocycles. The molecule has 2 aromatic heterocycles. The Morgan fingerprint density at radius 1 is 1.30 bits per heavy atom. The fraction of sp³-hybridized carbons (Fsp3) is 0.579. The minimum absolute atomic E-state index is 0.0317. The van der Waals surface area contributed by atoms with Gasteiger partial charge in [0.05, 0.1) is 17.1 Å². The van der Waals surface area contributed by atoms with Gasteiger partial charge < -0.3 is 14.6 Å². The van der Waals surface area contributed by atoms with Crippen LogP contribution in [0.3, 0.4) is 0 Å². The molecule has 1 saturated heterocycles. The van der Waals surface area contributed by atoms with Gasteiger partial charge >= 0.3 is 0 Å². The number of hydrogen-bond acceptors (Lipinski definition) is 5. The standard InChI is InChI=1S/C19H28ClN5OS/c1-19(2,3)15-11-22-17(26-15)12-23-18(21-4)25-9-7-24(8-10-25)13-14-5-6-16(20)27-14/h5-6,11H,7-10,12-13H2,1-4H3,(H,21,23). The Bertz CT molecular complexity index is 771. The van der Waals surface area contributed by atoms with E-state index in [9.17, 15) is 0 Å². The Morgan fingerprint density at radius 3 is 2.59 bits per heavy atom. The average Bonchev–Trinajstić information content (AvgIpc) is 3.26. The van der Waals surface area contributed by atoms with Crippen molar-refractivity contribution in [1.82, 2.24) is 20.1 Å². The maximum absolute atomic E-state index is 6.03. The minimum Gasteiger partial charge on any atom is -0.443 e. The zero-order valence-corrected chi connectivity index (χ0v) is 18.0. The summed E-state index contributed by atoms with van der Waals surface area (Å²) in [6.07, 6.45) is 1.81. The van der Waals surface area contributed by atoms with E-state index in [1.807, 2.05) is 19.3 Å². The van der Waals surface area contributed by atoms with Crippen molar-refractivity contribution < 1.29 is 4.42 Å². The molecule has 2 aromatic rings. The summed E-state index contributed by atoms with van der Waals surface area (Å²) in [5.41, 5.74) is -0.0317.